The van der Waals surface area contributed by atoms with Crippen molar-refractivity contribution >= 4 is 0 Å². The second kappa shape index (κ2) is 4.82. The number of para-hydroxylation sites is 1. The number of hydrogen-bond donors (Lipinski definition) is 1. The van der Waals surface area contributed by atoms with E-state index in [2.05, 4.69) is 54.9 Å². The molecule has 1 aliphatic rings. The van der Waals surface area contributed by atoms with E-state index in [9.17, 15) is 0 Å². The zero-order valence-corrected chi connectivity index (χ0v) is 11.9. The van der Waals surface area contributed by atoms with Crippen LogP contribution < -0.4 is 5.32 Å². The Labute approximate surface area is 114 Å². The molecule has 3 heteroatoms. The summed E-state index contributed by atoms with van der Waals surface area (Å²) < 4.78 is 2.35. The fraction of sp³-hybridized carbons (Fsp3) is 0.438. The van der Waals surface area contributed by atoms with Crippen LogP contribution in [0.1, 0.15) is 42.5 Å². The van der Waals surface area contributed by atoms with Gasteiger partial charge in [0, 0.05) is 25.2 Å². The number of aromatic nitrogens is 2. The van der Waals surface area contributed by atoms with Crippen molar-refractivity contribution in [3.05, 3.63) is 47.0 Å². The van der Waals surface area contributed by atoms with Gasteiger partial charge in [-0.1, -0.05) is 32.0 Å². The number of nitrogens with zero attached hydrogens (tertiary/aromatic N) is 2. The summed E-state index contributed by atoms with van der Waals surface area (Å²) in [5.74, 6) is 1.62. The molecule has 0 amide bonds. The van der Waals surface area contributed by atoms with Gasteiger partial charge in [0.1, 0.15) is 5.82 Å². The molecule has 2 aromatic rings. The van der Waals surface area contributed by atoms with Gasteiger partial charge in [0.05, 0.1) is 11.4 Å². The highest BCUT2D eigenvalue weighted by Crippen LogP contribution is 2.27. The van der Waals surface area contributed by atoms with Crippen LogP contribution in [-0.4, -0.2) is 16.1 Å². The highest BCUT2D eigenvalue weighted by atomic mass is 15.1. The SMILES string of the molecule is Cc1nc2c(n1-c1ccccc1C(C)C)CCNC2. The smallest absolute Gasteiger partial charge is 0.110 e. The van der Waals surface area contributed by atoms with Crippen molar-refractivity contribution < 1.29 is 0 Å². The fourth-order valence-corrected chi connectivity index (χ4v) is 2.94. The van der Waals surface area contributed by atoms with Crippen molar-refractivity contribution in [2.24, 2.45) is 0 Å². The summed E-state index contributed by atoms with van der Waals surface area (Å²) in [6, 6.07) is 8.69. The Morgan fingerprint density at radius 1 is 1.26 bits per heavy atom. The van der Waals surface area contributed by atoms with Gasteiger partial charge in [-0.05, 0) is 24.5 Å². The number of imidazole rings is 1. The summed E-state index contributed by atoms with van der Waals surface area (Å²) in [6.45, 7) is 8.54. The lowest BCUT2D eigenvalue weighted by atomic mass is 10.0. The first kappa shape index (κ1) is 12.4. The van der Waals surface area contributed by atoms with Gasteiger partial charge in [-0.25, -0.2) is 4.98 Å². The van der Waals surface area contributed by atoms with E-state index in [-0.39, 0.29) is 0 Å². The molecule has 0 saturated heterocycles. The summed E-state index contributed by atoms with van der Waals surface area (Å²) in [6.07, 6.45) is 1.06. The Morgan fingerprint density at radius 2 is 2.05 bits per heavy atom. The Kier molecular flexibility index (Phi) is 3.15. The molecule has 0 spiro atoms. The zero-order valence-electron chi connectivity index (χ0n) is 11.9. The maximum Gasteiger partial charge on any atom is 0.110 e. The predicted molar refractivity (Wildman–Crippen MR) is 77.8 cm³/mol. The Balaban J connectivity index is 2.20. The first-order valence-corrected chi connectivity index (χ1v) is 7.05. The van der Waals surface area contributed by atoms with Crippen LogP contribution in [0, 0.1) is 6.92 Å². The van der Waals surface area contributed by atoms with Gasteiger partial charge in [0.15, 0.2) is 0 Å². The van der Waals surface area contributed by atoms with Crippen LogP contribution >= 0.6 is 0 Å². The molecule has 0 aliphatic carbocycles. The lowest BCUT2D eigenvalue weighted by Gasteiger charge is -2.19. The zero-order chi connectivity index (χ0) is 13.4. The summed E-state index contributed by atoms with van der Waals surface area (Å²) in [4.78, 5) is 4.73. The second-order valence-electron chi connectivity index (χ2n) is 5.53. The molecule has 0 bridgehead atoms. The van der Waals surface area contributed by atoms with Gasteiger partial charge in [0.25, 0.3) is 0 Å². The van der Waals surface area contributed by atoms with Gasteiger partial charge in [-0.15, -0.1) is 0 Å². The van der Waals surface area contributed by atoms with Crippen LogP contribution in [0.25, 0.3) is 5.69 Å². The quantitative estimate of drug-likeness (QED) is 0.894. The molecule has 3 rings (SSSR count). The number of rotatable bonds is 2. The molecule has 1 N–H and O–H groups in total. The van der Waals surface area contributed by atoms with Crippen LogP contribution in [0.5, 0.6) is 0 Å². The molecule has 0 radical (unpaired) electrons. The molecule has 3 nitrogen and oxygen atoms in total. The van der Waals surface area contributed by atoms with E-state index < -0.39 is 0 Å². The standard InChI is InChI=1S/C16H21N3/c1-11(2)13-6-4-5-7-15(13)19-12(3)18-14-10-17-9-8-16(14)19/h4-7,11,17H,8-10H2,1-3H3. The molecule has 0 unspecified atom stereocenters. The van der Waals surface area contributed by atoms with Crippen molar-refractivity contribution in [3.8, 4) is 5.69 Å². The van der Waals surface area contributed by atoms with Crippen molar-refractivity contribution in [1.29, 1.82) is 0 Å². The minimum absolute atomic E-state index is 0.523. The fourth-order valence-electron chi connectivity index (χ4n) is 2.94. The van der Waals surface area contributed by atoms with E-state index >= 15 is 0 Å². The molecule has 19 heavy (non-hydrogen) atoms. The minimum atomic E-state index is 0.523. The lowest BCUT2D eigenvalue weighted by Crippen LogP contribution is -2.25. The summed E-state index contributed by atoms with van der Waals surface area (Å²) in [5.41, 5.74) is 5.28. The predicted octanol–water partition coefficient (Wildman–Crippen LogP) is 2.95. The van der Waals surface area contributed by atoms with Crippen LogP contribution in [0.2, 0.25) is 0 Å². The normalized spacial score (nSPS) is 14.7. The maximum absolute atomic E-state index is 4.73. The van der Waals surface area contributed by atoms with Gasteiger partial charge in [0.2, 0.25) is 0 Å². The van der Waals surface area contributed by atoms with E-state index in [1.807, 2.05) is 0 Å². The Hall–Kier alpha value is -1.61. The highest BCUT2D eigenvalue weighted by molar-refractivity contribution is 5.46. The number of fused-ring (bicyclic) bond motifs is 1. The molecular formula is C16H21N3. The lowest BCUT2D eigenvalue weighted by molar-refractivity contribution is 0.619. The molecular weight excluding hydrogens is 234 g/mol. The summed E-state index contributed by atoms with van der Waals surface area (Å²) in [5, 5.41) is 3.39. The molecule has 100 valence electrons. The van der Waals surface area contributed by atoms with Crippen molar-refractivity contribution in [2.45, 2.75) is 39.7 Å². The molecule has 0 atom stereocenters. The van der Waals surface area contributed by atoms with Crippen LogP contribution in [-0.2, 0) is 13.0 Å². The molecule has 1 aliphatic heterocycles. The average molecular weight is 255 g/mol. The number of aryl methyl sites for hydroxylation is 1. The van der Waals surface area contributed by atoms with E-state index in [4.69, 9.17) is 4.98 Å². The van der Waals surface area contributed by atoms with E-state index in [1.54, 1.807) is 0 Å². The minimum Gasteiger partial charge on any atom is -0.311 e. The highest BCUT2D eigenvalue weighted by Gasteiger charge is 2.20. The number of benzene rings is 1. The van der Waals surface area contributed by atoms with Crippen LogP contribution in [0.3, 0.4) is 0 Å². The summed E-state index contributed by atoms with van der Waals surface area (Å²) in [7, 11) is 0. The Morgan fingerprint density at radius 3 is 2.84 bits per heavy atom. The molecule has 0 saturated carbocycles. The summed E-state index contributed by atoms with van der Waals surface area (Å²) >= 11 is 0. The molecule has 1 aromatic carbocycles. The molecule has 1 aromatic heterocycles. The van der Waals surface area contributed by atoms with Crippen molar-refractivity contribution in [1.82, 2.24) is 14.9 Å². The average Bonchev–Trinajstić information content (AvgIpc) is 2.74. The van der Waals surface area contributed by atoms with Crippen molar-refractivity contribution in [2.75, 3.05) is 6.54 Å². The van der Waals surface area contributed by atoms with E-state index in [1.165, 1.54) is 22.6 Å². The monoisotopic (exact) mass is 255 g/mol. The first-order chi connectivity index (χ1) is 9.18. The van der Waals surface area contributed by atoms with Gasteiger partial charge < -0.3 is 9.88 Å². The van der Waals surface area contributed by atoms with Crippen LogP contribution in [0.15, 0.2) is 24.3 Å². The second-order valence-corrected chi connectivity index (χ2v) is 5.53. The van der Waals surface area contributed by atoms with E-state index in [0.29, 0.717) is 5.92 Å². The third-order valence-corrected chi connectivity index (χ3v) is 3.85. The van der Waals surface area contributed by atoms with Gasteiger partial charge in [-0.3, -0.25) is 0 Å². The largest absolute Gasteiger partial charge is 0.311 e. The topological polar surface area (TPSA) is 29.9 Å². The van der Waals surface area contributed by atoms with Gasteiger partial charge in [-0.2, -0.15) is 0 Å². The van der Waals surface area contributed by atoms with Gasteiger partial charge >= 0.3 is 0 Å². The number of hydrogen-bond acceptors (Lipinski definition) is 2. The third-order valence-electron chi connectivity index (χ3n) is 3.85. The molecule has 0 fully saturated rings. The number of nitrogens with one attached hydrogen (secondary N) is 1. The Bertz CT molecular complexity index is 596. The van der Waals surface area contributed by atoms with E-state index in [0.717, 1.165) is 25.3 Å². The van der Waals surface area contributed by atoms with Crippen LogP contribution in [0.4, 0.5) is 0 Å². The first-order valence-electron chi connectivity index (χ1n) is 7.05. The van der Waals surface area contributed by atoms with Crippen molar-refractivity contribution in [3.63, 3.8) is 0 Å². The molecule has 2 heterocycles. The third kappa shape index (κ3) is 2.08. The maximum atomic E-state index is 4.73.